The van der Waals surface area contributed by atoms with Gasteiger partial charge in [-0.25, -0.2) is 4.39 Å². The molecule has 0 unspecified atom stereocenters. The van der Waals surface area contributed by atoms with E-state index < -0.39 is 28.9 Å². The molecule has 0 aliphatic heterocycles. The third kappa shape index (κ3) is 3.19. The van der Waals surface area contributed by atoms with E-state index in [4.69, 9.17) is 11.5 Å². The van der Waals surface area contributed by atoms with Crippen LogP contribution in [0.25, 0.3) is 0 Å². The Balaban J connectivity index is 2.81. The van der Waals surface area contributed by atoms with E-state index in [-0.39, 0.29) is 22.7 Å². The maximum atomic E-state index is 15.7. The van der Waals surface area contributed by atoms with E-state index in [0.29, 0.717) is 0 Å². The first-order chi connectivity index (χ1) is 12.4. The summed E-state index contributed by atoms with van der Waals surface area (Å²) < 4.78 is 83.8. The molecule has 0 atom stereocenters. The first kappa shape index (κ1) is 20.5. The van der Waals surface area contributed by atoms with Gasteiger partial charge in [-0.05, 0) is 24.3 Å². The lowest BCUT2D eigenvalue weighted by molar-refractivity contribution is -0.323. The number of rotatable bonds is 5. The van der Waals surface area contributed by atoms with Crippen LogP contribution in [0.4, 0.5) is 49.1 Å². The molecular formula is C17H18F6N4. The highest BCUT2D eigenvalue weighted by Gasteiger charge is 2.72. The molecule has 0 spiro atoms. The number of halogens is 6. The number of alkyl halides is 6. The Hall–Kier alpha value is -2.78. The first-order valence-electron chi connectivity index (χ1n) is 7.69. The summed E-state index contributed by atoms with van der Waals surface area (Å²) in [6.07, 6.45) is -6.16. The highest BCUT2D eigenvalue weighted by Crippen LogP contribution is 2.55. The maximum Gasteiger partial charge on any atom is 0.457 e. The predicted molar refractivity (Wildman–Crippen MR) is 93.7 cm³/mol. The molecule has 0 bridgehead atoms. The Morgan fingerprint density at radius 2 is 1.07 bits per heavy atom. The quantitative estimate of drug-likeness (QED) is 0.451. The van der Waals surface area contributed by atoms with E-state index in [2.05, 4.69) is 10.6 Å². The molecule has 0 aromatic heterocycles. The Bertz CT molecular complexity index is 781. The third-order valence-corrected chi connectivity index (χ3v) is 4.23. The van der Waals surface area contributed by atoms with Crippen molar-refractivity contribution in [3.63, 3.8) is 0 Å². The van der Waals surface area contributed by atoms with Crippen LogP contribution in [-0.4, -0.2) is 26.2 Å². The molecule has 0 saturated carbocycles. The van der Waals surface area contributed by atoms with E-state index in [1.165, 1.54) is 14.1 Å². The smallest absolute Gasteiger partial charge is 0.397 e. The molecule has 0 saturated heterocycles. The monoisotopic (exact) mass is 392 g/mol. The summed E-state index contributed by atoms with van der Waals surface area (Å²) in [6.45, 7) is 0. The van der Waals surface area contributed by atoms with Gasteiger partial charge in [0.15, 0.2) is 0 Å². The lowest BCUT2D eigenvalue weighted by Crippen LogP contribution is -2.53. The van der Waals surface area contributed by atoms with Crippen LogP contribution in [-0.2, 0) is 5.67 Å². The van der Waals surface area contributed by atoms with Crippen molar-refractivity contribution in [3.8, 4) is 0 Å². The van der Waals surface area contributed by atoms with Crippen LogP contribution >= 0.6 is 0 Å². The van der Waals surface area contributed by atoms with Crippen LogP contribution in [0.15, 0.2) is 36.4 Å². The van der Waals surface area contributed by atoms with Crippen molar-refractivity contribution in [1.29, 1.82) is 0 Å². The fraction of sp³-hybridized carbons (Fsp3) is 0.294. The lowest BCUT2D eigenvalue weighted by atomic mass is 9.81. The summed E-state index contributed by atoms with van der Waals surface area (Å²) in [5.74, 6) is -5.75. The van der Waals surface area contributed by atoms with Crippen LogP contribution in [0.3, 0.4) is 0 Å². The molecule has 148 valence electrons. The summed E-state index contributed by atoms with van der Waals surface area (Å²) in [4.78, 5) is 0. The Kier molecular flexibility index (Phi) is 5.13. The first-order valence-corrected chi connectivity index (χ1v) is 7.69. The van der Waals surface area contributed by atoms with Crippen molar-refractivity contribution >= 4 is 22.7 Å². The van der Waals surface area contributed by atoms with Gasteiger partial charge in [0.2, 0.25) is 5.67 Å². The van der Waals surface area contributed by atoms with E-state index in [0.717, 1.165) is 36.4 Å². The van der Waals surface area contributed by atoms with Gasteiger partial charge in [-0.3, -0.25) is 0 Å². The topological polar surface area (TPSA) is 76.1 Å². The molecule has 0 aliphatic carbocycles. The van der Waals surface area contributed by atoms with Crippen LogP contribution in [0.1, 0.15) is 11.1 Å². The number of nitrogen functional groups attached to an aromatic ring is 2. The highest BCUT2D eigenvalue weighted by molar-refractivity contribution is 5.70. The van der Waals surface area contributed by atoms with Crippen molar-refractivity contribution in [1.82, 2.24) is 0 Å². The van der Waals surface area contributed by atoms with Crippen LogP contribution in [0.5, 0.6) is 0 Å². The van der Waals surface area contributed by atoms with E-state index in [1.54, 1.807) is 0 Å². The van der Waals surface area contributed by atoms with Crippen molar-refractivity contribution in [2.75, 3.05) is 36.2 Å². The number of nitrogens with one attached hydrogen (secondary N) is 2. The number of hydrogen-bond donors (Lipinski definition) is 4. The van der Waals surface area contributed by atoms with Gasteiger partial charge in [0, 0.05) is 25.2 Å². The molecule has 0 aliphatic rings. The van der Waals surface area contributed by atoms with Gasteiger partial charge in [-0.2, -0.15) is 22.0 Å². The fourth-order valence-corrected chi connectivity index (χ4v) is 2.73. The number of benzene rings is 2. The average Bonchev–Trinajstić information content (AvgIpc) is 2.59. The van der Waals surface area contributed by atoms with Crippen LogP contribution in [0.2, 0.25) is 0 Å². The number of nitrogens with two attached hydrogens (primary N) is 2. The third-order valence-electron chi connectivity index (χ3n) is 4.23. The molecule has 0 heterocycles. The standard InChI is InChI=1S/C17H18F6N4/c1-26-13-5-3-9(7-11(13)24)15(18,16(19,20)17(21,22)23)10-4-6-14(27-2)12(25)8-10/h3-8,26-27H,24-25H2,1-2H3. The fourth-order valence-electron chi connectivity index (χ4n) is 2.73. The minimum Gasteiger partial charge on any atom is -0.397 e. The minimum atomic E-state index is -6.16. The van der Waals surface area contributed by atoms with Gasteiger partial charge in [0.25, 0.3) is 0 Å². The van der Waals surface area contributed by atoms with Crippen LogP contribution < -0.4 is 22.1 Å². The summed E-state index contributed by atoms with van der Waals surface area (Å²) >= 11 is 0. The Morgan fingerprint density at radius 3 is 1.33 bits per heavy atom. The van der Waals surface area contributed by atoms with Gasteiger partial charge in [0.05, 0.1) is 22.7 Å². The summed E-state index contributed by atoms with van der Waals surface area (Å²) in [5.41, 5.74) is 5.28. The second kappa shape index (κ2) is 6.75. The molecule has 4 nitrogen and oxygen atoms in total. The van der Waals surface area contributed by atoms with Crippen molar-refractivity contribution in [3.05, 3.63) is 47.5 Å². The SMILES string of the molecule is CNc1ccc(C(F)(c2ccc(NC)c(N)c2)C(F)(F)C(F)(F)F)cc1N. The van der Waals surface area contributed by atoms with E-state index in [9.17, 15) is 22.0 Å². The predicted octanol–water partition coefficient (Wildman–Crippen LogP) is 4.35. The van der Waals surface area contributed by atoms with Crippen molar-refractivity contribution in [2.45, 2.75) is 17.8 Å². The zero-order chi connectivity index (χ0) is 20.6. The molecule has 0 fully saturated rings. The molecule has 27 heavy (non-hydrogen) atoms. The number of hydrogen-bond acceptors (Lipinski definition) is 4. The zero-order valence-electron chi connectivity index (χ0n) is 14.4. The summed E-state index contributed by atoms with van der Waals surface area (Å²) in [7, 11) is 2.94. The molecule has 2 aromatic rings. The van der Waals surface area contributed by atoms with Crippen molar-refractivity contribution in [2.24, 2.45) is 0 Å². The minimum absolute atomic E-state index is 0.185. The summed E-state index contributed by atoms with van der Waals surface area (Å²) in [6, 6.07) is 5.38. The molecule has 2 aromatic carbocycles. The Morgan fingerprint density at radius 1 is 0.704 bits per heavy atom. The molecule has 10 heteroatoms. The van der Waals surface area contributed by atoms with E-state index >= 15 is 4.39 Å². The average molecular weight is 392 g/mol. The largest absolute Gasteiger partial charge is 0.457 e. The molecular weight excluding hydrogens is 374 g/mol. The maximum absolute atomic E-state index is 15.7. The second-order valence-corrected chi connectivity index (χ2v) is 5.83. The molecule has 2 rings (SSSR count). The molecule has 0 radical (unpaired) electrons. The molecule has 6 N–H and O–H groups in total. The molecule has 0 amide bonds. The van der Waals surface area contributed by atoms with Gasteiger partial charge < -0.3 is 22.1 Å². The zero-order valence-corrected chi connectivity index (χ0v) is 14.4. The van der Waals surface area contributed by atoms with Gasteiger partial charge in [-0.1, -0.05) is 12.1 Å². The summed E-state index contributed by atoms with van der Waals surface area (Å²) in [5, 5.41) is 5.24. The van der Waals surface area contributed by atoms with Gasteiger partial charge in [-0.15, -0.1) is 0 Å². The van der Waals surface area contributed by atoms with Crippen molar-refractivity contribution < 1.29 is 26.3 Å². The van der Waals surface area contributed by atoms with Gasteiger partial charge >= 0.3 is 12.1 Å². The highest BCUT2D eigenvalue weighted by atomic mass is 19.4. The normalized spacial score (nSPS) is 12.7. The van der Waals surface area contributed by atoms with Gasteiger partial charge in [0.1, 0.15) is 0 Å². The lowest BCUT2D eigenvalue weighted by Gasteiger charge is -2.36. The van der Waals surface area contributed by atoms with E-state index in [1.807, 2.05) is 0 Å². The Labute approximate surface area is 151 Å². The number of anilines is 4. The van der Waals surface area contributed by atoms with Crippen LogP contribution in [0, 0.1) is 0 Å². The second-order valence-electron chi connectivity index (χ2n) is 5.83.